The first-order chi connectivity index (χ1) is 9.13. The van der Waals surface area contributed by atoms with Crippen LogP contribution < -0.4 is 11.1 Å². The number of rotatable bonds is 5. The number of primary amides is 1. The van der Waals surface area contributed by atoms with Crippen molar-refractivity contribution in [3.05, 3.63) is 53.5 Å². The summed E-state index contributed by atoms with van der Waals surface area (Å²) in [6, 6.07) is 9.38. The maximum Gasteiger partial charge on any atom is 0.249 e. The number of hydrogen-bond donors (Lipinski definition) is 2. The van der Waals surface area contributed by atoms with Gasteiger partial charge in [0.15, 0.2) is 0 Å². The third-order valence-electron chi connectivity index (χ3n) is 3.22. The molecule has 1 unspecified atom stereocenters. The molecule has 1 atom stereocenters. The Kier molecular flexibility index (Phi) is 3.90. The number of carbonyl (C=O) groups is 1. The topological polar surface area (TPSA) is 68.3 Å². The number of anilines is 1. The quantitative estimate of drug-likeness (QED) is 0.865. The van der Waals surface area contributed by atoms with Crippen molar-refractivity contribution < 1.29 is 9.21 Å². The Labute approximate surface area is 112 Å². The summed E-state index contributed by atoms with van der Waals surface area (Å²) < 4.78 is 5.42. The van der Waals surface area contributed by atoms with Crippen molar-refractivity contribution in [3.63, 3.8) is 0 Å². The molecule has 19 heavy (non-hydrogen) atoms. The number of carbonyl (C=O) groups excluding carboxylic acids is 1. The molecule has 4 heteroatoms. The van der Waals surface area contributed by atoms with Crippen molar-refractivity contribution in [2.75, 3.05) is 5.32 Å². The van der Waals surface area contributed by atoms with Crippen LogP contribution in [-0.2, 0) is 0 Å². The summed E-state index contributed by atoms with van der Waals surface area (Å²) in [7, 11) is 0. The molecule has 0 saturated heterocycles. The molecule has 0 bridgehead atoms. The molecule has 4 nitrogen and oxygen atoms in total. The predicted octanol–water partition coefficient (Wildman–Crippen LogP) is 3.25. The summed E-state index contributed by atoms with van der Waals surface area (Å²) in [6.45, 7) is 3.96. The first-order valence-electron chi connectivity index (χ1n) is 6.32. The van der Waals surface area contributed by atoms with Crippen LogP contribution in [0.3, 0.4) is 0 Å². The van der Waals surface area contributed by atoms with Crippen molar-refractivity contribution in [2.45, 2.75) is 26.3 Å². The molecule has 2 rings (SSSR count). The average molecular weight is 258 g/mol. The highest BCUT2D eigenvalue weighted by Crippen LogP contribution is 2.26. The Morgan fingerprint density at radius 1 is 1.37 bits per heavy atom. The van der Waals surface area contributed by atoms with E-state index in [1.165, 1.54) is 0 Å². The number of amides is 1. The maximum atomic E-state index is 11.3. The van der Waals surface area contributed by atoms with Gasteiger partial charge in [-0.2, -0.15) is 0 Å². The van der Waals surface area contributed by atoms with E-state index in [1.54, 1.807) is 12.3 Å². The first kappa shape index (κ1) is 13.2. The van der Waals surface area contributed by atoms with Crippen LogP contribution in [0.1, 0.15) is 41.1 Å². The van der Waals surface area contributed by atoms with Gasteiger partial charge in [-0.15, -0.1) is 0 Å². The zero-order chi connectivity index (χ0) is 13.8. The van der Waals surface area contributed by atoms with Gasteiger partial charge in [0.1, 0.15) is 5.76 Å². The minimum absolute atomic E-state index is 0.0804. The van der Waals surface area contributed by atoms with E-state index in [2.05, 4.69) is 12.2 Å². The highest BCUT2D eigenvalue weighted by molar-refractivity contribution is 5.95. The van der Waals surface area contributed by atoms with E-state index in [4.69, 9.17) is 10.2 Å². The van der Waals surface area contributed by atoms with Crippen LogP contribution in [0.15, 0.2) is 41.0 Å². The van der Waals surface area contributed by atoms with Crippen LogP contribution in [0.25, 0.3) is 0 Å². The van der Waals surface area contributed by atoms with Gasteiger partial charge in [-0.25, -0.2) is 0 Å². The summed E-state index contributed by atoms with van der Waals surface area (Å²) >= 11 is 0. The van der Waals surface area contributed by atoms with Gasteiger partial charge < -0.3 is 15.5 Å². The number of benzene rings is 1. The fourth-order valence-corrected chi connectivity index (χ4v) is 2.11. The first-order valence-corrected chi connectivity index (χ1v) is 6.32. The standard InChI is InChI=1S/C15H18N2O2/c1-3-12(14-8-5-9-19-14)17-13-7-4-6-11(10(13)2)15(16)18/h4-9,12,17H,3H2,1-2H3,(H2,16,18). The Morgan fingerprint density at radius 3 is 2.74 bits per heavy atom. The fourth-order valence-electron chi connectivity index (χ4n) is 2.11. The van der Waals surface area contributed by atoms with E-state index in [-0.39, 0.29) is 6.04 Å². The molecule has 100 valence electrons. The van der Waals surface area contributed by atoms with Crippen molar-refractivity contribution in [1.29, 1.82) is 0 Å². The van der Waals surface area contributed by atoms with Crippen molar-refractivity contribution in [3.8, 4) is 0 Å². The average Bonchev–Trinajstić information content (AvgIpc) is 2.91. The zero-order valence-corrected chi connectivity index (χ0v) is 11.1. The van der Waals surface area contributed by atoms with Crippen LogP contribution >= 0.6 is 0 Å². The van der Waals surface area contributed by atoms with Crippen LogP contribution in [-0.4, -0.2) is 5.91 Å². The largest absolute Gasteiger partial charge is 0.467 e. The normalized spacial score (nSPS) is 12.1. The van der Waals surface area contributed by atoms with Gasteiger partial charge in [0.2, 0.25) is 5.91 Å². The number of furan rings is 1. The maximum absolute atomic E-state index is 11.3. The Bertz CT molecular complexity index is 562. The molecule has 1 aromatic heterocycles. The molecule has 1 amide bonds. The Morgan fingerprint density at radius 2 is 2.16 bits per heavy atom. The van der Waals surface area contributed by atoms with Crippen LogP contribution in [0, 0.1) is 6.92 Å². The molecular formula is C15H18N2O2. The second kappa shape index (κ2) is 5.61. The predicted molar refractivity (Wildman–Crippen MR) is 75.1 cm³/mol. The number of hydrogen-bond acceptors (Lipinski definition) is 3. The van der Waals surface area contributed by atoms with Gasteiger partial charge in [-0.05, 0) is 43.2 Å². The molecule has 0 radical (unpaired) electrons. The van der Waals surface area contributed by atoms with Gasteiger partial charge >= 0.3 is 0 Å². The second-order valence-electron chi connectivity index (χ2n) is 4.46. The van der Waals surface area contributed by atoms with Gasteiger partial charge in [0, 0.05) is 11.3 Å². The van der Waals surface area contributed by atoms with E-state index in [1.807, 2.05) is 31.2 Å². The SMILES string of the molecule is CCC(Nc1cccc(C(N)=O)c1C)c1ccco1. The molecule has 1 aromatic carbocycles. The molecule has 2 aromatic rings. The molecule has 0 aliphatic carbocycles. The fraction of sp³-hybridized carbons (Fsp3) is 0.267. The summed E-state index contributed by atoms with van der Waals surface area (Å²) in [5, 5.41) is 3.39. The third kappa shape index (κ3) is 2.78. The van der Waals surface area contributed by atoms with Gasteiger partial charge in [-0.3, -0.25) is 4.79 Å². The van der Waals surface area contributed by atoms with E-state index < -0.39 is 5.91 Å². The smallest absolute Gasteiger partial charge is 0.249 e. The molecule has 0 spiro atoms. The van der Waals surface area contributed by atoms with E-state index in [9.17, 15) is 4.79 Å². The van der Waals surface area contributed by atoms with E-state index in [0.717, 1.165) is 23.4 Å². The van der Waals surface area contributed by atoms with Crippen molar-refractivity contribution >= 4 is 11.6 Å². The Hall–Kier alpha value is -2.23. The minimum atomic E-state index is -0.410. The second-order valence-corrected chi connectivity index (χ2v) is 4.46. The number of nitrogens with two attached hydrogens (primary N) is 1. The lowest BCUT2D eigenvalue weighted by Crippen LogP contribution is -2.15. The third-order valence-corrected chi connectivity index (χ3v) is 3.22. The van der Waals surface area contributed by atoms with E-state index >= 15 is 0 Å². The zero-order valence-electron chi connectivity index (χ0n) is 11.1. The molecule has 0 aliphatic rings. The lowest BCUT2D eigenvalue weighted by molar-refractivity contribution is 0.1000. The van der Waals surface area contributed by atoms with E-state index in [0.29, 0.717) is 5.56 Å². The minimum Gasteiger partial charge on any atom is -0.467 e. The Balaban J connectivity index is 2.28. The monoisotopic (exact) mass is 258 g/mol. The van der Waals surface area contributed by atoms with Gasteiger partial charge in [0.25, 0.3) is 0 Å². The lowest BCUT2D eigenvalue weighted by atomic mass is 10.0. The summed E-state index contributed by atoms with van der Waals surface area (Å²) in [5.74, 6) is 0.471. The molecule has 0 fully saturated rings. The molecule has 1 heterocycles. The highest BCUT2D eigenvalue weighted by Gasteiger charge is 2.15. The van der Waals surface area contributed by atoms with Crippen LogP contribution in [0.4, 0.5) is 5.69 Å². The number of nitrogens with one attached hydrogen (secondary N) is 1. The van der Waals surface area contributed by atoms with Gasteiger partial charge in [0.05, 0.1) is 12.3 Å². The lowest BCUT2D eigenvalue weighted by Gasteiger charge is -2.18. The summed E-state index contributed by atoms with van der Waals surface area (Å²) in [5.41, 5.74) is 7.66. The van der Waals surface area contributed by atoms with Crippen molar-refractivity contribution in [1.82, 2.24) is 0 Å². The molecular weight excluding hydrogens is 240 g/mol. The van der Waals surface area contributed by atoms with Crippen LogP contribution in [0.2, 0.25) is 0 Å². The van der Waals surface area contributed by atoms with Crippen LogP contribution in [0.5, 0.6) is 0 Å². The molecule has 0 saturated carbocycles. The van der Waals surface area contributed by atoms with Crippen molar-refractivity contribution in [2.24, 2.45) is 5.73 Å². The highest BCUT2D eigenvalue weighted by atomic mass is 16.3. The summed E-state index contributed by atoms with van der Waals surface area (Å²) in [4.78, 5) is 11.3. The molecule has 0 aliphatic heterocycles. The summed E-state index contributed by atoms with van der Waals surface area (Å²) in [6.07, 6.45) is 2.54. The molecule has 3 N–H and O–H groups in total. The van der Waals surface area contributed by atoms with Gasteiger partial charge in [-0.1, -0.05) is 13.0 Å².